The number of hydrogen-bond donors (Lipinski definition) is 3. The molecule has 0 aliphatic rings. The second-order valence-corrected chi connectivity index (χ2v) is 3.68. The Labute approximate surface area is 93.6 Å². The van der Waals surface area contributed by atoms with Crippen LogP contribution in [0, 0.1) is 0 Å². The van der Waals surface area contributed by atoms with E-state index in [1.54, 1.807) is 0 Å². The maximum atomic E-state index is 6.01. The van der Waals surface area contributed by atoms with E-state index in [0.717, 1.165) is 5.56 Å². The molecule has 5 heteroatoms. The average Bonchev–Trinajstić information content (AvgIpc) is 2.18. The number of benzene rings is 1. The Morgan fingerprint density at radius 1 is 1.50 bits per heavy atom. The van der Waals surface area contributed by atoms with E-state index < -0.39 is 0 Å². The molecule has 3 nitrogen and oxygen atoms in total. The highest BCUT2D eigenvalue weighted by Crippen LogP contribution is 2.21. The Hall–Kier alpha value is -0.840. The van der Waals surface area contributed by atoms with Gasteiger partial charge in [-0.05, 0) is 30.8 Å². The number of halogens is 1. The third-order valence-corrected chi connectivity index (χ3v) is 2.43. The van der Waals surface area contributed by atoms with Crippen molar-refractivity contribution in [3.05, 3.63) is 34.9 Å². The second-order valence-electron chi connectivity index (χ2n) is 2.86. The Balaban J connectivity index is 2.74. The molecule has 1 rings (SSSR count). The molecule has 1 aromatic rings. The molecule has 0 aliphatic carbocycles. The van der Waals surface area contributed by atoms with Gasteiger partial charge < -0.3 is 10.7 Å². The first-order valence-electron chi connectivity index (χ1n) is 4.16. The van der Waals surface area contributed by atoms with Crippen molar-refractivity contribution in [1.29, 1.82) is 0 Å². The first-order chi connectivity index (χ1) is 6.65. The van der Waals surface area contributed by atoms with E-state index in [-0.39, 0.29) is 6.04 Å². The Bertz CT molecular complexity index is 330. The van der Waals surface area contributed by atoms with Gasteiger partial charge in [0.2, 0.25) is 0 Å². The topological polar surface area (TPSA) is 50.1 Å². The molecule has 0 bridgehead atoms. The number of hydrogen-bond acceptors (Lipinski definition) is 2. The summed E-state index contributed by atoms with van der Waals surface area (Å²) in [6.07, 6.45) is 0. The average molecular weight is 230 g/mol. The zero-order valence-electron chi connectivity index (χ0n) is 7.75. The second kappa shape index (κ2) is 5.14. The summed E-state index contributed by atoms with van der Waals surface area (Å²) in [5, 5.41) is 4.11. The summed E-state index contributed by atoms with van der Waals surface area (Å²) in [4.78, 5) is 0. The van der Waals surface area contributed by atoms with Crippen LogP contribution in [0.1, 0.15) is 18.5 Å². The third-order valence-electron chi connectivity index (χ3n) is 1.85. The van der Waals surface area contributed by atoms with Crippen molar-refractivity contribution in [2.45, 2.75) is 13.0 Å². The molecule has 76 valence electrons. The molecule has 4 N–H and O–H groups in total. The van der Waals surface area contributed by atoms with Crippen molar-refractivity contribution in [2.75, 3.05) is 0 Å². The maximum Gasteiger partial charge on any atom is 0.181 e. The number of thiocarbonyl (C=S) groups is 1. The van der Waals surface area contributed by atoms with Crippen LogP contribution in [-0.4, -0.2) is 5.11 Å². The molecule has 0 saturated carbocycles. The fraction of sp³-hybridized carbons (Fsp3) is 0.222. The fourth-order valence-corrected chi connectivity index (χ4v) is 1.62. The van der Waals surface area contributed by atoms with E-state index in [1.165, 1.54) is 0 Å². The zero-order valence-corrected chi connectivity index (χ0v) is 9.32. The first-order valence-corrected chi connectivity index (χ1v) is 4.95. The molecule has 1 unspecified atom stereocenters. The maximum absolute atomic E-state index is 6.01. The number of nitrogens with one attached hydrogen (secondary N) is 2. The van der Waals surface area contributed by atoms with Crippen molar-refractivity contribution in [2.24, 2.45) is 5.84 Å². The van der Waals surface area contributed by atoms with E-state index in [9.17, 15) is 0 Å². The standard InChI is InChI=1S/C9H12ClN3S/c1-6(12-9(14)13-11)7-4-2-3-5-8(7)10/h2-6H,11H2,1H3,(H2,12,13,14). The monoisotopic (exact) mass is 229 g/mol. The lowest BCUT2D eigenvalue weighted by Gasteiger charge is -2.16. The first kappa shape index (κ1) is 11.2. The van der Waals surface area contributed by atoms with Crippen LogP contribution in [0.2, 0.25) is 5.02 Å². The Morgan fingerprint density at radius 2 is 2.14 bits per heavy atom. The molecule has 0 amide bonds. The van der Waals surface area contributed by atoms with E-state index >= 15 is 0 Å². The van der Waals surface area contributed by atoms with Gasteiger partial charge in [0.05, 0.1) is 6.04 Å². The van der Waals surface area contributed by atoms with Crippen LogP contribution in [0.15, 0.2) is 24.3 Å². The fourth-order valence-electron chi connectivity index (χ4n) is 1.14. The summed E-state index contributed by atoms with van der Waals surface area (Å²) in [5.74, 6) is 5.15. The highest BCUT2D eigenvalue weighted by molar-refractivity contribution is 7.80. The highest BCUT2D eigenvalue weighted by Gasteiger charge is 2.08. The number of rotatable bonds is 2. The van der Waals surface area contributed by atoms with Gasteiger partial charge in [-0.25, -0.2) is 5.84 Å². The molecular formula is C9H12ClN3S. The minimum absolute atomic E-state index is 0.0345. The largest absolute Gasteiger partial charge is 0.355 e. The minimum Gasteiger partial charge on any atom is -0.355 e. The van der Waals surface area contributed by atoms with Crippen molar-refractivity contribution in [3.8, 4) is 0 Å². The van der Waals surface area contributed by atoms with Crippen LogP contribution >= 0.6 is 23.8 Å². The molecule has 0 spiro atoms. The van der Waals surface area contributed by atoms with Gasteiger partial charge in [0.15, 0.2) is 5.11 Å². The summed E-state index contributed by atoms with van der Waals surface area (Å²) in [7, 11) is 0. The molecule has 0 radical (unpaired) electrons. The van der Waals surface area contributed by atoms with E-state index in [0.29, 0.717) is 10.1 Å². The van der Waals surface area contributed by atoms with Crippen LogP contribution in [-0.2, 0) is 0 Å². The number of hydrazine groups is 1. The van der Waals surface area contributed by atoms with Gasteiger partial charge in [-0.15, -0.1) is 0 Å². The molecule has 14 heavy (non-hydrogen) atoms. The van der Waals surface area contributed by atoms with E-state index in [4.69, 9.17) is 29.7 Å². The molecule has 0 aromatic heterocycles. The summed E-state index contributed by atoms with van der Waals surface area (Å²) >= 11 is 10.9. The predicted molar refractivity (Wildman–Crippen MR) is 62.9 cm³/mol. The van der Waals surface area contributed by atoms with Gasteiger partial charge in [0.1, 0.15) is 0 Å². The SMILES string of the molecule is CC(NC(=S)NN)c1ccccc1Cl. The lowest BCUT2D eigenvalue weighted by molar-refractivity contribution is 0.704. The van der Waals surface area contributed by atoms with Crippen molar-refractivity contribution in [3.63, 3.8) is 0 Å². The van der Waals surface area contributed by atoms with Gasteiger partial charge in [0, 0.05) is 5.02 Å². The van der Waals surface area contributed by atoms with Gasteiger partial charge in [0.25, 0.3) is 0 Å². The molecule has 0 fully saturated rings. The quantitative estimate of drug-likeness (QED) is 0.411. The smallest absolute Gasteiger partial charge is 0.181 e. The molecule has 1 atom stereocenters. The van der Waals surface area contributed by atoms with Crippen molar-refractivity contribution in [1.82, 2.24) is 10.7 Å². The minimum atomic E-state index is 0.0345. The summed E-state index contributed by atoms with van der Waals surface area (Å²) in [6, 6.07) is 7.64. The molecule has 0 aliphatic heterocycles. The summed E-state index contributed by atoms with van der Waals surface area (Å²) < 4.78 is 0. The van der Waals surface area contributed by atoms with E-state index in [2.05, 4.69) is 10.7 Å². The molecular weight excluding hydrogens is 218 g/mol. The van der Waals surface area contributed by atoms with E-state index in [1.807, 2.05) is 31.2 Å². The number of nitrogens with two attached hydrogens (primary N) is 1. The Morgan fingerprint density at radius 3 is 2.71 bits per heavy atom. The van der Waals surface area contributed by atoms with Crippen LogP contribution in [0.25, 0.3) is 0 Å². The van der Waals surface area contributed by atoms with Gasteiger partial charge in [-0.3, -0.25) is 0 Å². The van der Waals surface area contributed by atoms with Crippen molar-refractivity contribution < 1.29 is 0 Å². The van der Waals surface area contributed by atoms with Crippen LogP contribution in [0.5, 0.6) is 0 Å². The summed E-state index contributed by atoms with van der Waals surface area (Å²) in [5.41, 5.74) is 3.35. The predicted octanol–water partition coefficient (Wildman–Crippen LogP) is 1.74. The van der Waals surface area contributed by atoms with Crippen LogP contribution in [0.4, 0.5) is 0 Å². The lowest BCUT2D eigenvalue weighted by atomic mass is 10.1. The summed E-state index contributed by atoms with van der Waals surface area (Å²) in [6.45, 7) is 1.96. The van der Waals surface area contributed by atoms with Crippen molar-refractivity contribution >= 4 is 28.9 Å². The molecule has 1 aromatic carbocycles. The molecule has 0 saturated heterocycles. The van der Waals surface area contributed by atoms with Gasteiger partial charge in [-0.2, -0.15) is 0 Å². The zero-order chi connectivity index (χ0) is 10.6. The highest BCUT2D eigenvalue weighted by atomic mass is 35.5. The lowest BCUT2D eigenvalue weighted by Crippen LogP contribution is -2.40. The van der Waals surface area contributed by atoms with Gasteiger partial charge in [-0.1, -0.05) is 29.8 Å². The normalized spacial score (nSPS) is 11.9. The van der Waals surface area contributed by atoms with Gasteiger partial charge >= 0.3 is 0 Å². The Kier molecular flexibility index (Phi) is 4.13. The molecule has 0 heterocycles. The van der Waals surface area contributed by atoms with Crippen LogP contribution in [0.3, 0.4) is 0 Å². The third kappa shape index (κ3) is 2.83. The van der Waals surface area contributed by atoms with Crippen LogP contribution < -0.4 is 16.6 Å².